The molecule has 0 saturated heterocycles. The van der Waals surface area contributed by atoms with Crippen LogP contribution < -0.4 is 4.72 Å². The molecule has 8 nitrogen and oxygen atoms in total. The molecule has 112 valence electrons. The van der Waals surface area contributed by atoms with Gasteiger partial charge in [-0.2, -0.15) is 0 Å². The second kappa shape index (κ2) is 5.92. The summed E-state index contributed by atoms with van der Waals surface area (Å²) in [4.78, 5) is 11.1. The number of esters is 1. The molecule has 0 saturated carbocycles. The number of carbonyl (C=O) groups is 1. The molecule has 0 bridgehead atoms. The summed E-state index contributed by atoms with van der Waals surface area (Å²) in [5, 5.41) is 7.08. The number of aromatic nitrogens is 2. The summed E-state index contributed by atoms with van der Waals surface area (Å²) in [7, 11) is -2.52. The monoisotopic (exact) mass is 311 g/mol. The van der Waals surface area contributed by atoms with Gasteiger partial charge in [0.05, 0.1) is 18.4 Å². The Morgan fingerprint density at radius 1 is 1.29 bits per heavy atom. The van der Waals surface area contributed by atoms with Crippen molar-refractivity contribution in [2.45, 2.75) is 18.2 Å². The zero-order valence-corrected chi connectivity index (χ0v) is 12.2. The number of anilines is 1. The van der Waals surface area contributed by atoms with Crippen LogP contribution in [0.15, 0.2) is 33.6 Å². The van der Waals surface area contributed by atoms with Crippen molar-refractivity contribution in [2.75, 3.05) is 11.8 Å². The molecule has 0 aliphatic heterocycles. The summed E-state index contributed by atoms with van der Waals surface area (Å²) in [5.74, 6) is -0.147. The molecule has 0 unspecified atom stereocenters. The van der Waals surface area contributed by atoms with E-state index in [9.17, 15) is 13.2 Å². The van der Waals surface area contributed by atoms with Crippen molar-refractivity contribution < 1.29 is 22.4 Å². The molecule has 1 aromatic carbocycles. The third-order valence-electron chi connectivity index (χ3n) is 2.56. The molecule has 0 aliphatic rings. The van der Waals surface area contributed by atoms with E-state index in [0.29, 0.717) is 5.56 Å². The molecule has 2 rings (SSSR count). The lowest BCUT2D eigenvalue weighted by Gasteiger charge is -2.05. The van der Waals surface area contributed by atoms with Crippen LogP contribution in [0, 0.1) is 6.92 Å². The van der Waals surface area contributed by atoms with E-state index in [0.717, 1.165) is 0 Å². The Morgan fingerprint density at radius 3 is 2.48 bits per heavy atom. The minimum absolute atomic E-state index is 0.0203. The average Bonchev–Trinajstić information content (AvgIpc) is 2.83. The van der Waals surface area contributed by atoms with Gasteiger partial charge in [-0.15, -0.1) is 5.10 Å². The van der Waals surface area contributed by atoms with Crippen molar-refractivity contribution in [2.24, 2.45) is 0 Å². The van der Waals surface area contributed by atoms with E-state index in [1.54, 1.807) is 6.92 Å². The standard InChI is InChI=1S/C12H13N3O5S/c1-8-13-14-12(20-8)15-21(17,18)10-5-3-9(4-6-10)7-11(16)19-2/h3-6H,7H2,1-2H3,(H,14,15). The number of rotatable bonds is 5. The molecule has 2 aromatic rings. The molecule has 0 aliphatic carbocycles. The molecule has 0 amide bonds. The number of carbonyl (C=O) groups excluding carboxylic acids is 1. The van der Waals surface area contributed by atoms with Gasteiger partial charge in [0.25, 0.3) is 10.0 Å². The van der Waals surface area contributed by atoms with Crippen LogP contribution in [0.3, 0.4) is 0 Å². The summed E-state index contributed by atoms with van der Waals surface area (Å²) >= 11 is 0. The van der Waals surface area contributed by atoms with Crippen molar-refractivity contribution >= 4 is 22.0 Å². The first-order chi connectivity index (χ1) is 9.90. The molecule has 0 atom stereocenters. The molecule has 1 aromatic heterocycles. The van der Waals surface area contributed by atoms with Gasteiger partial charge in [-0.3, -0.25) is 4.79 Å². The lowest BCUT2D eigenvalue weighted by atomic mass is 10.2. The number of aryl methyl sites for hydroxylation is 1. The Labute approximate surface area is 121 Å². The fraction of sp³-hybridized carbons (Fsp3) is 0.250. The number of hydrogen-bond acceptors (Lipinski definition) is 7. The summed E-state index contributed by atoms with van der Waals surface area (Å²) in [5.41, 5.74) is 0.648. The van der Waals surface area contributed by atoms with Crippen molar-refractivity contribution in [3.63, 3.8) is 0 Å². The molecule has 21 heavy (non-hydrogen) atoms. The van der Waals surface area contributed by atoms with E-state index in [1.807, 2.05) is 0 Å². The number of methoxy groups -OCH3 is 1. The first kappa shape index (κ1) is 15.0. The second-order valence-electron chi connectivity index (χ2n) is 4.13. The van der Waals surface area contributed by atoms with Gasteiger partial charge in [0.2, 0.25) is 5.89 Å². The minimum Gasteiger partial charge on any atom is -0.469 e. The SMILES string of the molecule is COC(=O)Cc1ccc(S(=O)(=O)Nc2nnc(C)o2)cc1. The maximum Gasteiger partial charge on any atom is 0.329 e. The van der Waals surface area contributed by atoms with Crippen LogP contribution in [0.1, 0.15) is 11.5 Å². The van der Waals surface area contributed by atoms with Crippen LogP contribution in [0.5, 0.6) is 0 Å². The Bertz CT molecular complexity index is 737. The van der Waals surface area contributed by atoms with Gasteiger partial charge in [-0.25, -0.2) is 13.1 Å². The number of ether oxygens (including phenoxy) is 1. The molecule has 1 N–H and O–H groups in total. The fourth-order valence-electron chi connectivity index (χ4n) is 1.54. The molecular formula is C12H13N3O5S. The van der Waals surface area contributed by atoms with E-state index >= 15 is 0 Å². The predicted molar refractivity (Wildman–Crippen MR) is 72.0 cm³/mol. The van der Waals surface area contributed by atoms with Crippen molar-refractivity contribution in [3.8, 4) is 0 Å². The van der Waals surface area contributed by atoms with Crippen molar-refractivity contribution in [1.82, 2.24) is 10.2 Å². The van der Waals surface area contributed by atoms with E-state index in [2.05, 4.69) is 19.7 Å². The van der Waals surface area contributed by atoms with Crippen LogP contribution in [0.2, 0.25) is 0 Å². The first-order valence-corrected chi connectivity index (χ1v) is 7.38. The quantitative estimate of drug-likeness (QED) is 0.816. The molecule has 0 spiro atoms. The third kappa shape index (κ3) is 3.78. The molecule has 9 heteroatoms. The summed E-state index contributed by atoms with van der Waals surface area (Å²) in [6, 6.07) is 5.62. The highest BCUT2D eigenvalue weighted by Crippen LogP contribution is 2.16. The topological polar surface area (TPSA) is 111 Å². The number of nitrogens with one attached hydrogen (secondary N) is 1. The van der Waals surface area contributed by atoms with Gasteiger partial charge >= 0.3 is 12.0 Å². The van der Waals surface area contributed by atoms with Crippen LogP contribution >= 0.6 is 0 Å². The number of nitrogens with zero attached hydrogens (tertiary/aromatic N) is 2. The highest BCUT2D eigenvalue weighted by Gasteiger charge is 2.17. The maximum atomic E-state index is 12.1. The van der Waals surface area contributed by atoms with Crippen LogP contribution in [-0.4, -0.2) is 31.7 Å². The third-order valence-corrected chi connectivity index (χ3v) is 3.89. The minimum atomic E-state index is -3.81. The van der Waals surface area contributed by atoms with Gasteiger partial charge in [-0.1, -0.05) is 17.2 Å². The Hall–Kier alpha value is -2.42. The Morgan fingerprint density at radius 2 is 1.95 bits per heavy atom. The molecular weight excluding hydrogens is 298 g/mol. The van der Waals surface area contributed by atoms with Crippen LogP contribution in [0.4, 0.5) is 6.01 Å². The highest BCUT2D eigenvalue weighted by atomic mass is 32.2. The average molecular weight is 311 g/mol. The van der Waals surface area contributed by atoms with Crippen molar-refractivity contribution in [1.29, 1.82) is 0 Å². The van der Waals surface area contributed by atoms with E-state index < -0.39 is 16.0 Å². The second-order valence-corrected chi connectivity index (χ2v) is 5.81. The fourth-order valence-corrected chi connectivity index (χ4v) is 2.46. The van der Waals surface area contributed by atoms with Crippen LogP contribution in [-0.2, 0) is 26.0 Å². The maximum absolute atomic E-state index is 12.1. The Kier molecular flexibility index (Phi) is 4.22. The predicted octanol–water partition coefficient (Wildman–Crippen LogP) is 0.894. The van der Waals surface area contributed by atoms with E-state index in [1.165, 1.54) is 31.4 Å². The number of benzene rings is 1. The van der Waals surface area contributed by atoms with Gasteiger partial charge in [0, 0.05) is 6.92 Å². The normalized spacial score (nSPS) is 11.1. The summed E-state index contributed by atoms with van der Waals surface area (Å²) in [6.45, 7) is 1.55. The van der Waals surface area contributed by atoms with Gasteiger partial charge in [0.15, 0.2) is 0 Å². The van der Waals surface area contributed by atoms with E-state index in [4.69, 9.17) is 4.42 Å². The first-order valence-electron chi connectivity index (χ1n) is 5.89. The van der Waals surface area contributed by atoms with Crippen molar-refractivity contribution in [3.05, 3.63) is 35.7 Å². The lowest BCUT2D eigenvalue weighted by molar-refractivity contribution is -0.139. The molecule has 0 radical (unpaired) electrons. The molecule has 0 fully saturated rings. The van der Waals surface area contributed by atoms with Gasteiger partial charge in [0.1, 0.15) is 0 Å². The van der Waals surface area contributed by atoms with Gasteiger partial charge < -0.3 is 9.15 Å². The lowest BCUT2D eigenvalue weighted by Crippen LogP contribution is -2.13. The van der Waals surface area contributed by atoms with Crippen LogP contribution in [0.25, 0.3) is 0 Å². The zero-order valence-electron chi connectivity index (χ0n) is 11.4. The largest absolute Gasteiger partial charge is 0.469 e. The summed E-state index contributed by atoms with van der Waals surface area (Å²) in [6.07, 6.45) is 0.0765. The number of hydrogen-bond donors (Lipinski definition) is 1. The van der Waals surface area contributed by atoms with Gasteiger partial charge in [-0.05, 0) is 17.7 Å². The smallest absolute Gasteiger partial charge is 0.329 e. The highest BCUT2D eigenvalue weighted by molar-refractivity contribution is 7.92. The Balaban J connectivity index is 2.15. The summed E-state index contributed by atoms with van der Waals surface area (Å²) < 4.78 is 35.8. The number of sulfonamides is 1. The zero-order chi connectivity index (χ0) is 15.5. The molecule has 1 heterocycles. The van der Waals surface area contributed by atoms with E-state index in [-0.39, 0.29) is 23.2 Å².